The Morgan fingerprint density at radius 2 is 2.09 bits per heavy atom. The van der Waals surface area contributed by atoms with Gasteiger partial charge in [-0.3, -0.25) is 4.79 Å². The summed E-state index contributed by atoms with van der Waals surface area (Å²) in [6.45, 7) is 3.00. The molecule has 2 N–H and O–H groups in total. The van der Waals surface area contributed by atoms with Crippen molar-refractivity contribution in [2.24, 2.45) is 5.14 Å². The van der Waals surface area contributed by atoms with Gasteiger partial charge in [-0.05, 0) is 48.1 Å². The zero-order chi connectivity index (χ0) is 15.9. The summed E-state index contributed by atoms with van der Waals surface area (Å²) >= 11 is 1.71. The molecule has 2 aromatic rings. The minimum Gasteiger partial charge on any atom is -0.334 e. The molecule has 0 bridgehead atoms. The number of fused-ring (bicyclic) bond motifs is 1. The highest BCUT2D eigenvalue weighted by Gasteiger charge is 2.24. The second-order valence-electron chi connectivity index (χ2n) is 5.37. The number of hydrogen-bond acceptors (Lipinski definition) is 4. The summed E-state index contributed by atoms with van der Waals surface area (Å²) in [5, 5.41) is 7.19. The van der Waals surface area contributed by atoms with E-state index in [1.165, 1.54) is 22.6 Å². The monoisotopic (exact) mass is 336 g/mol. The van der Waals surface area contributed by atoms with Gasteiger partial charge >= 0.3 is 0 Å². The number of hydrogen-bond donors (Lipinski definition) is 1. The Bertz CT molecular complexity index is 840. The molecule has 1 aliphatic heterocycles. The van der Waals surface area contributed by atoms with Crippen LogP contribution in [0.4, 0.5) is 0 Å². The molecular weight excluding hydrogens is 320 g/mol. The topological polar surface area (TPSA) is 80.5 Å². The number of primary sulfonamides is 1. The quantitative estimate of drug-likeness (QED) is 0.909. The fourth-order valence-electron chi connectivity index (χ4n) is 2.60. The average molecular weight is 336 g/mol. The Morgan fingerprint density at radius 1 is 1.32 bits per heavy atom. The Balaban J connectivity index is 1.93. The molecule has 22 heavy (non-hydrogen) atoms. The van der Waals surface area contributed by atoms with Crippen LogP contribution in [0.1, 0.15) is 26.4 Å². The Kier molecular flexibility index (Phi) is 3.80. The van der Waals surface area contributed by atoms with Crippen LogP contribution < -0.4 is 5.14 Å². The van der Waals surface area contributed by atoms with E-state index in [1.54, 1.807) is 29.2 Å². The van der Waals surface area contributed by atoms with Gasteiger partial charge in [0.15, 0.2) is 0 Å². The van der Waals surface area contributed by atoms with E-state index in [0.29, 0.717) is 18.7 Å². The van der Waals surface area contributed by atoms with Crippen molar-refractivity contribution in [3.05, 3.63) is 51.2 Å². The molecule has 1 amide bonds. The molecule has 116 valence electrons. The Morgan fingerprint density at radius 3 is 2.82 bits per heavy atom. The maximum absolute atomic E-state index is 12.7. The summed E-state index contributed by atoms with van der Waals surface area (Å²) < 4.78 is 23.0. The molecule has 3 rings (SSSR count). The summed E-state index contributed by atoms with van der Waals surface area (Å²) in [4.78, 5) is 15.8. The van der Waals surface area contributed by atoms with Crippen molar-refractivity contribution in [2.45, 2.75) is 24.8 Å². The first-order valence-electron chi connectivity index (χ1n) is 6.84. The third kappa shape index (κ3) is 2.79. The van der Waals surface area contributed by atoms with E-state index < -0.39 is 10.0 Å². The SMILES string of the molecule is Cc1ccc(S(N)(=O)=O)cc1C(=O)N1CCc2sccc2C1. The van der Waals surface area contributed by atoms with Crippen molar-refractivity contribution < 1.29 is 13.2 Å². The fraction of sp³-hybridized carbons (Fsp3) is 0.267. The number of benzene rings is 1. The lowest BCUT2D eigenvalue weighted by molar-refractivity contribution is 0.0735. The maximum atomic E-state index is 12.7. The number of nitrogens with two attached hydrogens (primary N) is 1. The number of thiophene rings is 1. The van der Waals surface area contributed by atoms with Crippen LogP contribution in [-0.4, -0.2) is 25.8 Å². The third-order valence-corrected chi connectivity index (χ3v) is 5.80. The van der Waals surface area contributed by atoms with Gasteiger partial charge in [0.05, 0.1) is 4.90 Å². The van der Waals surface area contributed by atoms with Gasteiger partial charge in [-0.2, -0.15) is 0 Å². The van der Waals surface area contributed by atoms with Crippen molar-refractivity contribution in [3.8, 4) is 0 Å². The molecule has 0 atom stereocenters. The van der Waals surface area contributed by atoms with E-state index in [2.05, 4.69) is 0 Å². The lowest BCUT2D eigenvalue weighted by Crippen LogP contribution is -2.35. The van der Waals surface area contributed by atoms with Gasteiger partial charge in [0.2, 0.25) is 10.0 Å². The van der Waals surface area contributed by atoms with Crippen LogP contribution in [0.15, 0.2) is 34.5 Å². The highest BCUT2D eigenvalue weighted by molar-refractivity contribution is 7.89. The highest BCUT2D eigenvalue weighted by atomic mass is 32.2. The minimum atomic E-state index is -3.82. The number of sulfonamides is 1. The molecule has 0 aliphatic carbocycles. The predicted molar refractivity (Wildman–Crippen MR) is 85.3 cm³/mol. The second-order valence-corrected chi connectivity index (χ2v) is 7.93. The van der Waals surface area contributed by atoms with Crippen LogP contribution in [0.25, 0.3) is 0 Å². The van der Waals surface area contributed by atoms with Crippen LogP contribution in [-0.2, 0) is 23.0 Å². The summed E-state index contributed by atoms with van der Waals surface area (Å²) in [7, 11) is -3.82. The van der Waals surface area contributed by atoms with Crippen molar-refractivity contribution in [2.75, 3.05) is 6.54 Å². The molecule has 2 heterocycles. The normalized spacial score (nSPS) is 14.7. The summed E-state index contributed by atoms with van der Waals surface area (Å²) in [5.41, 5.74) is 2.31. The molecule has 0 spiro atoms. The zero-order valence-electron chi connectivity index (χ0n) is 12.1. The number of carbonyl (C=O) groups excluding carboxylic acids is 1. The largest absolute Gasteiger partial charge is 0.334 e. The van der Waals surface area contributed by atoms with E-state index in [4.69, 9.17) is 5.14 Å². The van der Waals surface area contributed by atoms with E-state index in [9.17, 15) is 13.2 Å². The number of rotatable bonds is 2. The van der Waals surface area contributed by atoms with Gasteiger partial charge in [-0.1, -0.05) is 6.07 Å². The van der Waals surface area contributed by atoms with Crippen molar-refractivity contribution in [3.63, 3.8) is 0 Å². The molecule has 1 aliphatic rings. The van der Waals surface area contributed by atoms with Gasteiger partial charge in [0, 0.05) is 23.5 Å². The first kappa shape index (κ1) is 15.2. The summed E-state index contributed by atoms with van der Waals surface area (Å²) in [5.74, 6) is -0.153. The number of aryl methyl sites for hydroxylation is 1. The average Bonchev–Trinajstić information content (AvgIpc) is 2.93. The number of amides is 1. The van der Waals surface area contributed by atoms with Gasteiger partial charge in [-0.15, -0.1) is 11.3 Å². The van der Waals surface area contributed by atoms with Crippen LogP contribution in [0, 0.1) is 6.92 Å². The number of carbonyl (C=O) groups is 1. The van der Waals surface area contributed by atoms with Crippen molar-refractivity contribution in [1.82, 2.24) is 4.90 Å². The maximum Gasteiger partial charge on any atom is 0.254 e. The lowest BCUT2D eigenvalue weighted by Gasteiger charge is -2.27. The van der Waals surface area contributed by atoms with Crippen molar-refractivity contribution >= 4 is 27.3 Å². The van der Waals surface area contributed by atoms with Gasteiger partial charge < -0.3 is 4.90 Å². The smallest absolute Gasteiger partial charge is 0.254 e. The van der Waals surface area contributed by atoms with E-state index in [-0.39, 0.29) is 10.8 Å². The second kappa shape index (κ2) is 5.49. The molecule has 0 unspecified atom stereocenters. The molecule has 0 fully saturated rings. The lowest BCUT2D eigenvalue weighted by atomic mass is 10.0. The van der Waals surface area contributed by atoms with E-state index in [0.717, 1.165) is 12.0 Å². The molecule has 0 radical (unpaired) electrons. The van der Waals surface area contributed by atoms with Gasteiger partial charge in [-0.25, -0.2) is 13.6 Å². The first-order valence-corrected chi connectivity index (χ1v) is 9.27. The van der Waals surface area contributed by atoms with E-state index in [1.807, 2.05) is 11.4 Å². The molecule has 1 aromatic carbocycles. The summed E-state index contributed by atoms with van der Waals surface area (Å²) in [6.07, 6.45) is 0.840. The van der Waals surface area contributed by atoms with Crippen LogP contribution in [0.5, 0.6) is 0 Å². The van der Waals surface area contributed by atoms with Crippen LogP contribution >= 0.6 is 11.3 Å². The van der Waals surface area contributed by atoms with Crippen molar-refractivity contribution in [1.29, 1.82) is 0 Å². The fourth-order valence-corrected chi connectivity index (χ4v) is 4.03. The zero-order valence-corrected chi connectivity index (χ0v) is 13.7. The minimum absolute atomic E-state index is 0.0327. The van der Waals surface area contributed by atoms with Crippen LogP contribution in [0.2, 0.25) is 0 Å². The predicted octanol–water partition coefficient (Wildman–Crippen LogP) is 1.90. The first-order chi connectivity index (χ1) is 10.4. The van der Waals surface area contributed by atoms with Crippen LogP contribution in [0.3, 0.4) is 0 Å². The highest BCUT2D eigenvalue weighted by Crippen LogP contribution is 2.26. The van der Waals surface area contributed by atoms with E-state index >= 15 is 0 Å². The third-order valence-electron chi connectivity index (χ3n) is 3.86. The standard InChI is InChI=1S/C15H16N2O3S2/c1-10-2-3-12(22(16,19)20)8-13(10)15(18)17-6-4-14-11(9-17)5-7-21-14/h2-3,5,7-8H,4,6,9H2,1H3,(H2,16,19,20). The molecule has 0 saturated heterocycles. The van der Waals surface area contributed by atoms with Gasteiger partial charge in [0.25, 0.3) is 5.91 Å². The molecule has 1 aromatic heterocycles. The Hall–Kier alpha value is -1.70. The number of nitrogens with zero attached hydrogens (tertiary/aromatic N) is 1. The molecule has 7 heteroatoms. The molecule has 5 nitrogen and oxygen atoms in total. The molecular formula is C15H16N2O3S2. The van der Waals surface area contributed by atoms with Gasteiger partial charge in [0.1, 0.15) is 0 Å². The summed E-state index contributed by atoms with van der Waals surface area (Å²) in [6, 6.07) is 6.45. The molecule has 0 saturated carbocycles. The Labute approximate surface area is 133 Å².